The summed E-state index contributed by atoms with van der Waals surface area (Å²) in [6, 6.07) is 6.87. The van der Waals surface area contributed by atoms with E-state index < -0.39 is 40.2 Å². The normalized spacial score (nSPS) is 12.4. The first-order valence-corrected chi connectivity index (χ1v) is 8.35. The fraction of sp³-hybridized carbons (Fsp3) is 0.357. The van der Waals surface area contributed by atoms with Crippen LogP contribution in [0.4, 0.5) is 0 Å². The van der Waals surface area contributed by atoms with E-state index in [0.717, 1.165) is 0 Å². The number of hydrogen-bond donors (Lipinski definition) is 3. The van der Waals surface area contributed by atoms with Crippen molar-refractivity contribution in [2.75, 3.05) is 5.75 Å². The number of carboxylic acids is 1. The molecule has 0 saturated heterocycles. The number of rotatable bonds is 9. The Kier molecular flexibility index (Phi) is 6.86. The van der Waals surface area contributed by atoms with Gasteiger partial charge in [0.05, 0.1) is 5.75 Å². The van der Waals surface area contributed by atoms with E-state index in [2.05, 4.69) is 5.32 Å². The number of ketones is 1. The van der Waals surface area contributed by atoms with Gasteiger partial charge in [0.1, 0.15) is 6.04 Å². The summed E-state index contributed by atoms with van der Waals surface area (Å²) in [5.41, 5.74) is 0.446. The average Bonchev–Trinajstić information content (AvgIpc) is 2.48. The zero-order valence-corrected chi connectivity index (χ0v) is 13.0. The molecule has 0 saturated carbocycles. The molecule has 1 atom stereocenters. The first-order chi connectivity index (χ1) is 10.7. The van der Waals surface area contributed by atoms with Crippen LogP contribution < -0.4 is 5.32 Å². The molecule has 23 heavy (non-hydrogen) atoms. The highest BCUT2D eigenvalue weighted by Gasteiger charge is 2.22. The van der Waals surface area contributed by atoms with Crippen molar-refractivity contribution >= 4 is 27.8 Å². The molecule has 0 aliphatic heterocycles. The van der Waals surface area contributed by atoms with E-state index in [1.807, 2.05) is 0 Å². The van der Waals surface area contributed by atoms with Crippen LogP contribution in [0.1, 0.15) is 29.6 Å². The van der Waals surface area contributed by atoms with E-state index in [9.17, 15) is 22.8 Å². The molecule has 0 spiro atoms. The Labute approximate surface area is 133 Å². The molecular formula is C14H17NO7S. The Morgan fingerprint density at radius 2 is 1.70 bits per heavy atom. The van der Waals surface area contributed by atoms with Crippen LogP contribution in [0.25, 0.3) is 0 Å². The first kappa shape index (κ1) is 18.8. The maximum atomic E-state index is 11.8. The van der Waals surface area contributed by atoms with E-state index in [1.165, 1.54) is 0 Å². The van der Waals surface area contributed by atoms with Crippen LogP contribution in [0.5, 0.6) is 0 Å². The van der Waals surface area contributed by atoms with Gasteiger partial charge in [-0.2, -0.15) is 8.42 Å². The van der Waals surface area contributed by atoms with Crippen molar-refractivity contribution in [3.8, 4) is 0 Å². The molecule has 0 aliphatic rings. The van der Waals surface area contributed by atoms with Gasteiger partial charge in [-0.15, -0.1) is 0 Å². The summed E-state index contributed by atoms with van der Waals surface area (Å²) in [4.78, 5) is 34.5. The van der Waals surface area contributed by atoms with E-state index in [4.69, 9.17) is 9.66 Å². The molecule has 9 heteroatoms. The Morgan fingerprint density at radius 1 is 1.09 bits per heavy atom. The highest BCUT2D eigenvalue weighted by Crippen LogP contribution is 2.05. The fourth-order valence-corrected chi connectivity index (χ4v) is 2.32. The maximum absolute atomic E-state index is 11.8. The summed E-state index contributed by atoms with van der Waals surface area (Å²) in [5.74, 6) is -3.15. The molecule has 0 heterocycles. The van der Waals surface area contributed by atoms with Gasteiger partial charge in [0.2, 0.25) is 5.91 Å². The highest BCUT2D eigenvalue weighted by molar-refractivity contribution is 7.85. The average molecular weight is 343 g/mol. The van der Waals surface area contributed by atoms with Gasteiger partial charge in [0.15, 0.2) is 5.78 Å². The molecular weight excluding hydrogens is 326 g/mol. The smallest absolute Gasteiger partial charge is 0.326 e. The second kappa shape index (κ2) is 8.39. The topological polar surface area (TPSA) is 138 Å². The minimum Gasteiger partial charge on any atom is -0.480 e. The third kappa shape index (κ3) is 7.52. The number of amides is 1. The van der Waals surface area contributed by atoms with Gasteiger partial charge in [-0.05, 0) is 6.42 Å². The SMILES string of the molecule is O=C(CCC(=O)c1ccccc1)N[C@@H](CCS(=O)(=O)O)C(=O)O. The highest BCUT2D eigenvalue weighted by atomic mass is 32.2. The Morgan fingerprint density at radius 3 is 2.22 bits per heavy atom. The van der Waals surface area contributed by atoms with Gasteiger partial charge in [-0.3, -0.25) is 14.1 Å². The van der Waals surface area contributed by atoms with E-state index in [0.29, 0.717) is 5.56 Å². The van der Waals surface area contributed by atoms with Crippen molar-refractivity contribution in [2.45, 2.75) is 25.3 Å². The van der Waals surface area contributed by atoms with Crippen molar-refractivity contribution < 1.29 is 32.5 Å². The number of carbonyl (C=O) groups excluding carboxylic acids is 2. The maximum Gasteiger partial charge on any atom is 0.326 e. The number of carboxylic acid groups (broad SMARTS) is 1. The van der Waals surface area contributed by atoms with Gasteiger partial charge >= 0.3 is 5.97 Å². The van der Waals surface area contributed by atoms with Crippen molar-refractivity contribution in [3.05, 3.63) is 35.9 Å². The molecule has 0 radical (unpaired) electrons. The molecule has 1 aromatic rings. The molecule has 1 aromatic carbocycles. The van der Waals surface area contributed by atoms with Crippen LogP contribution in [-0.4, -0.2) is 47.5 Å². The number of hydrogen-bond acceptors (Lipinski definition) is 5. The molecule has 8 nitrogen and oxygen atoms in total. The number of nitrogens with one attached hydrogen (secondary N) is 1. The van der Waals surface area contributed by atoms with Crippen molar-refractivity contribution in [3.63, 3.8) is 0 Å². The van der Waals surface area contributed by atoms with E-state index >= 15 is 0 Å². The minimum atomic E-state index is -4.32. The molecule has 1 amide bonds. The van der Waals surface area contributed by atoms with Crippen LogP contribution >= 0.6 is 0 Å². The van der Waals surface area contributed by atoms with Crippen molar-refractivity contribution in [1.82, 2.24) is 5.32 Å². The van der Waals surface area contributed by atoms with Crippen molar-refractivity contribution in [2.24, 2.45) is 0 Å². The van der Waals surface area contributed by atoms with Gasteiger partial charge in [0.25, 0.3) is 10.1 Å². The summed E-state index contributed by atoms with van der Waals surface area (Å²) in [7, 11) is -4.32. The molecule has 0 unspecified atom stereocenters. The van der Waals surface area contributed by atoms with Crippen LogP contribution in [0, 0.1) is 0 Å². The van der Waals surface area contributed by atoms with Crippen LogP contribution in [0.3, 0.4) is 0 Å². The largest absolute Gasteiger partial charge is 0.480 e. The third-order valence-electron chi connectivity index (χ3n) is 2.97. The Balaban J connectivity index is 2.50. The predicted molar refractivity (Wildman–Crippen MR) is 80.6 cm³/mol. The lowest BCUT2D eigenvalue weighted by molar-refractivity contribution is -0.141. The lowest BCUT2D eigenvalue weighted by Crippen LogP contribution is -2.42. The fourth-order valence-electron chi connectivity index (χ4n) is 1.79. The molecule has 0 bridgehead atoms. The summed E-state index contributed by atoms with van der Waals surface area (Å²) in [6.07, 6.45) is -0.781. The molecule has 0 fully saturated rings. The first-order valence-electron chi connectivity index (χ1n) is 6.74. The summed E-state index contributed by atoms with van der Waals surface area (Å²) in [5, 5.41) is 11.0. The molecule has 3 N–H and O–H groups in total. The lowest BCUT2D eigenvalue weighted by atomic mass is 10.1. The second-order valence-electron chi connectivity index (χ2n) is 4.82. The van der Waals surface area contributed by atoms with Gasteiger partial charge < -0.3 is 10.4 Å². The third-order valence-corrected chi connectivity index (χ3v) is 3.72. The van der Waals surface area contributed by atoms with Crippen LogP contribution in [-0.2, 0) is 19.7 Å². The Hall–Kier alpha value is -2.26. The quantitative estimate of drug-likeness (QED) is 0.438. The number of carbonyl (C=O) groups is 3. The van der Waals surface area contributed by atoms with E-state index in [1.54, 1.807) is 30.3 Å². The van der Waals surface area contributed by atoms with Crippen LogP contribution in [0.15, 0.2) is 30.3 Å². The summed E-state index contributed by atoms with van der Waals surface area (Å²) < 4.78 is 29.8. The standard InChI is InChI=1S/C14H17NO7S/c16-12(10-4-2-1-3-5-10)6-7-13(17)15-11(14(18)19)8-9-23(20,21)22/h1-5,11H,6-9H2,(H,15,17)(H,18,19)(H,20,21,22)/t11-/m0/s1. The van der Waals surface area contributed by atoms with Crippen molar-refractivity contribution in [1.29, 1.82) is 0 Å². The molecule has 0 aromatic heterocycles. The zero-order valence-electron chi connectivity index (χ0n) is 12.1. The molecule has 126 valence electrons. The Bertz CT molecular complexity index is 670. The zero-order chi connectivity index (χ0) is 17.5. The summed E-state index contributed by atoms with van der Waals surface area (Å²) in [6.45, 7) is 0. The monoisotopic (exact) mass is 343 g/mol. The van der Waals surface area contributed by atoms with Gasteiger partial charge in [0, 0.05) is 18.4 Å². The van der Waals surface area contributed by atoms with Gasteiger partial charge in [-0.25, -0.2) is 4.79 Å². The second-order valence-corrected chi connectivity index (χ2v) is 6.39. The van der Waals surface area contributed by atoms with E-state index in [-0.39, 0.29) is 18.6 Å². The molecule has 1 rings (SSSR count). The predicted octanol–water partition coefficient (Wildman–Crippen LogP) is 0.497. The lowest BCUT2D eigenvalue weighted by Gasteiger charge is -2.13. The minimum absolute atomic E-state index is 0.0967. The number of Topliss-reactive ketones (excluding diaryl/α,β-unsaturated/α-hetero) is 1. The number of benzene rings is 1. The van der Waals surface area contributed by atoms with Gasteiger partial charge in [-0.1, -0.05) is 30.3 Å². The molecule has 0 aliphatic carbocycles. The van der Waals surface area contributed by atoms with Crippen LogP contribution in [0.2, 0.25) is 0 Å². The number of aliphatic carboxylic acids is 1. The summed E-state index contributed by atoms with van der Waals surface area (Å²) >= 11 is 0.